The lowest BCUT2D eigenvalue weighted by Gasteiger charge is -2.29. The Bertz CT molecular complexity index is 731. The third-order valence-corrected chi connectivity index (χ3v) is 5.28. The highest BCUT2D eigenvalue weighted by molar-refractivity contribution is 7.80. The number of amides is 3. The number of nitrogens with one attached hydrogen (secondary N) is 2. The van der Waals surface area contributed by atoms with Crippen LogP contribution in [0.15, 0.2) is 0 Å². The van der Waals surface area contributed by atoms with E-state index in [0.717, 1.165) is 12.8 Å². The molecule has 3 amide bonds. The van der Waals surface area contributed by atoms with E-state index in [9.17, 15) is 18.0 Å². The van der Waals surface area contributed by atoms with Gasteiger partial charge in [0.15, 0.2) is 5.96 Å². The lowest BCUT2D eigenvalue weighted by molar-refractivity contribution is -0.139. The van der Waals surface area contributed by atoms with Crippen LogP contribution in [0.25, 0.3) is 0 Å². The van der Waals surface area contributed by atoms with Gasteiger partial charge in [-0.25, -0.2) is 10.3 Å². The van der Waals surface area contributed by atoms with Crippen molar-refractivity contribution < 1.29 is 31.7 Å². The first kappa shape index (κ1) is 19.6. The lowest BCUT2D eigenvalue weighted by Crippen LogP contribution is -2.50. The third kappa shape index (κ3) is 4.23. The normalized spacial score (nSPS) is 28.0. The van der Waals surface area contributed by atoms with Crippen LogP contribution in [0.2, 0.25) is 0 Å². The molecule has 0 unspecified atom stereocenters. The maximum absolute atomic E-state index is 12.4. The number of rotatable bonds is 6. The monoisotopic (exact) mass is 406 g/mol. The molecule has 14 heteroatoms. The quantitative estimate of drug-likeness (QED) is 0.175. The van der Waals surface area contributed by atoms with Crippen molar-refractivity contribution in [1.29, 1.82) is 5.41 Å². The number of likely N-dealkylation sites (tertiary alicyclic amines) is 1. The first-order valence-electron chi connectivity index (χ1n) is 8.46. The number of nitrogens with two attached hydrogens (primary N) is 1. The zero-order valence-electron chi connectivity index (χ0n) is 14.4. The number of piperidine rings is 1. The average molecular weight is 406 g/mol. The number of carbonyl (C=O) groups excluding carboxylic acids is 2. The predicted molar refractivity (Wildman–Crippen MR) is 89.1 cm³/mol. The van der Waals surface area contributed by atoms with Crippen LogP contribution < -0.4 is 11.2 Å². The van der Waals surface area contributed by atoms with Crippen LogP contribution in [0.4, 0.5) is 4.79 Å². The summed E-state index contributed by atoms with van der Waals surface area (Å²) in [7, 11) is -4.83. The van der Waals surface area contributed by atoms with E-state index < -0.39 is 34.4 Å². The summed E-state index contributed by atoms with van der Waals surface area (Å²) in [4.78, 5) is 32.8. The molecule has 0 aromatic rings. The molecule has 0 radical (unpaired) electrons. The van der Waals surface area contributed by atoms with Crippen molar-refractivity contribution >= 4 is 28.3 Å². The van der Waals surface area contributed by atoms with E-state index in [-0.39, 0.29) is 25.2 Å². The summed E-state index contributed by atoms with van der Waals surface area (Å²) in [5.74, 6) is -0.588. The molecule has 3 rings (SSSR count). The zero-order valence-corrected chi connectivity index (χ0v) is 15.2. The van der Waals surface area contributed by atoms with Gasteiger partial charge in [0.1, 0.15) is 6.04 Å². The molecular weight excluding hydrogens is 384 g/mol. The van der Waals surface area contributed by atoms with Crippen molar-refractivity contribution in [2.45, 2.75) is 43.8 Å². The molecule has 27 heavy (non-hydrogen) atoms. The van der Waals surface area contributed by atoms with Crippen LogP contribution in [-0.2, 0) is 24.3 Å². The molecule has 3 saturated heterocycles. The van der Waals surface area contributed by atoms with Gasteiger partial charge in [0.05, 0.1) is 18.7 Å². The van der Waals surface area contributed by atoms with Crippen molar-refractivity contribution in [3.05, 3.63) is 0 Å². The summed E-state index contributed by atoms with van der Waals surface area (Å²) in [5.41, 5.74) is 7.80. The summed E-state index contributed by atoms with van der Waals surface area (Å²) in [6.07, 6.45) is 2.28. The highest BCUT2D eigenvalue weighted by Crippen LogP contribution is 2.30. The summed E-state index contributed by atoms with van der Waals surface area (Å²) in [6, 6.07) is -2.32. The van der Waals surface area contributed by atoms with Gasteiger partial charge in [-0.15, -0.1) is 4.28 Å². The van der Waals surface area contributed by atoms with Crippen LogP contribution in [0.3, 0.4) is 0 Å². The van der Waals surface area contributed by atoms with E-state index in [1.165, 1.54) is 4.90 Å². The van der Waals surface area contributed by atoms with Gasteiger partial charge in [0.25, 0.3) is 5.91 Å². The molecule has 5 N–H and O–H groups in total. The second-order valence-corrected chi connectivity index (χ2v) is 7.67. The van der Waals surface area contributed by atoms with Crippen molar-refractivity contribution in [2.24, 2.45) is 5.73 Å². The molecule has 3 aliphatic rings. The molecule has 3 fully saturated rings. The first-order chi connectivity index (χ1) is 12.7. The second-order valence-electron chi connectivity index (χ2n) is 6.66. The van der Waals surface area contributed by atoms with Crippen LogP contribution >= 0.6 is 0 Å². The summed E-state index contributed by atoms with van der Waals surface area (Å²) in [6.45, 7) is 0.910. The molecule has 0 saturated carbocycles. The number of fused-ring (bicyclic) bond motifs is 2. The van der Waals surface area contributed by atoms with Gasteiger partial charge in [-0.3, -0.25) is 19.6 Å². The maximum Gasteiger partial charge on any atom is 0.418 e. The second kappa shape index (κ2) is 7.46. The SMILES string of the molecule is N=C(N)N1CCC[C@H]1CONC(=O)[C@@H]1CC[C@@H]2CN1C(=O)N2OS(=O)(=O)O. The number of hydrogen-bond donors (Lipinski definition) is 4. The summed E-state index contributed by atoms with van der Waals surface area (Å²) < 4.78 is 34.8. The minimum atomic E-state index is -4.83. The highest BCUT2D eigenvalue weighted by Gasteiger charge is 2.49. The Morgan fingerprint density at radius 2 is 2.11 bits per heavy atom. The standard InChI is InChI=1S/C13H22N6O7S/c14-12(15)17-5-1-2-9(17)7-25-16-11(20)10-4-3-8-6-18(10)13(21)19(8)26-27(22,23)24/h8-10H,1-7H2,(H3,14,15)(H,16,20)(H,22,23,24)/t8-,9+,10+/m1/s1. The molecule has 152 valence electrons. The smallest absolute Gasteiger partial charge is 0.370 e. The van der Waals surface area contributed by atoms with Crippen LogP contribution in [-0.4, -0.2) is 83.6 Å². The lowest BCUT2D eigenvalue weighted by atomic mass is 10.0. The van der Waals surface area contributed by atoms with Gasteiger partial charge < -0.3 is 15.5 Å². The Labute approximate surface area is 155 Å². The Hall–Kier alpha value is -2.16. The average Bonchev–Trinajstić information content (AvgIpc) is 3.14. The molecule has 2 bridgehead atoms. The van der Waals surface area contributed by atoms with Gasteiger partial charge in [-0.2, -0.15) is 13.5 Å². The minimum Gasteiger partial charge on any atom is -0.370 e. The molecule has 0 spiro atoms. The highest BCUT2D eigenvalue weighted by atomic mass is 32.3. The van der Waals surface area contributed by atoms with E-state index in [1.54, 1.807) is 4.90 Å². The molecule has 3 heterocycles. The number of hydrogen-bond acceptors (Lipinski definition) is 7. The topological polar surface area (TPSA) is 179 Å². The van der Waals surface area contributed by atoms with E-state index in [0.29, 0.717) is 24.4 Å². The molecule has 13 nitrogen and oxygen atoms in total. The van der Waals surface area contributed by atoms with Gasteiger partial charge in [-0.05, 0) is 25.7 Å². The van der Waals surface area contributed by atoms with Gasteiger partial charge in [-0.1, -0.05) is 0 Å². The fraction of sp³-hybridized carbons (Fsp3) is 0.769. The Balaban J connectivity index is 1.53. The van der Waals surface area contributed by atoms with Gasteiger partial charge in [0, 0.05) is 13.1 Å². The molecule has 3 atom stereocenters. The fourth-order valence-corrected chi connectivity index (χ4v) is 4.10. The fourth-order valence-electron chi connectivity index (χ4n) is 3.71. The number of hydroxylamine groups is 3. The molecule has 0 aliphatic carbocycles. The van der Waals surface area contributed by atoms with Crippen molar-refractivity contribution in [3.8, 4) is 0 Å². The van der Waals surface area contributed by atoms with Crippen molar-refractivity contribution in [1.82, 2.24) is 20.3 Å². The van der Waals surface area contributed by atoms with E-state index in [4.69, 9.17) is 20.5 Å². The maximum atomic E-state index is 12.4. The largest absolute Gasteiger partial charge is 0.418 e. The van der Waals surface area contributed by atoms with Crippen LogP contribution in [0.5, 0.6) is 0 Å². The van der Waals surface area contributed by atoms with Crippen molar-refractivity contribution in [3.63, 3.8) is 0 Å². The molecule has 3 aliphatic heterocycles. The number of carbonyl (C=O) groups is 2. The number of guanidine groups is 1. The molecular formula is C13H22N6O7S. The van der Waals surface area contributed by atoms with Gasteiger partial charge in [0.2, 0.25) is 0 Å². The number of urea groups is 1. The van der Waals surface area contributed by atoms with Crippen LogP contribution in [0.1, 0.15) is 25.7 Å². The van der Waals surface area contributed by atoms with E-state index in [2.05, 4.69) is 9.76 Å². The van der Waals surface area contributed by atoms with Crippen molar-refractivity contribution in [2.75, 3.05) is 19.7 Å². The Morgan fingerprint density at radius 1 is 1.37 bits per heavy atom. The predicted octanol–water partition coefficient (Wildman–Crippen LogP) is -1.60. The van der Waals surface area contributed by atoms with E-state index in [1.807, 2.05) is 0 Å². The molecule has 0 aromatic carbocycles. The Kier molecular flexibility index (Phi) is 5.41. The zero-order chi connectivity index (χ0) is 19.8. The summed E-state index contributed by atoms with van der Waals surface area (Å²) in [5, 5.41) is 8.08. The number of nitrogens with zero attached hydrogens (tertiary/aromatic N) is 3. The summed E-state index contributed by atoms with van der Waals surface area (Å²) >= 11 is 0. The first-order valence-corrected chi connectivity index (χ1v) is 9.83. The van der Waals surface area contributed by atoms with Crippen LogP contribution in [0, 0.1) is 5.41 Å². The Morgan fingerprint density at radius 3 is 2.78 bits per heavy atom. The van der Waals surface area contributed by atoms with Gasteiger partial charge >= 0.3 is 16.4 Å². The molecule has 0 aromatic heterocycles. The minimum absolute atomic E-state index is 0.0488. The van der Waals surface area contributed by atoms with E-state index >= 15 is 0 Å². The third-order valence-electron chi connectivity index (χ3n) is 4.94.